The van der Waals surface area contributed by atoms with E-state index in [9.17, 15) is 9.59 Å². The number of para-hydroxylation sites is 2. The van der Waals surface area contributed by atoms with Gasteiger partial charge in [-0.05, 0) is 48.0 Å². The first kappa shape index (κ1) is 26.6. The number of ether oxygens (including phenoxy) is 3. The monoisotopic (exact) mass is 528 g/mol. The van der Waals surface area contributed by atoms with E-state index >= 15 is 0 Å². The summed E-state index contributed by atoms with van der Waals surface area (Å²) >= 11 is 1.38. The molecule has 8 heteroatoms. The Bertz CT molecular complexity index is 1390. The Morgan fingerprint density at radius 3 is 1.97 bits per heavy atom. The van der Waals surface area contributed by atoms with Crippen LogP contribution in [0.15, 0.2) is 102 Å². The number of thioether (sulfide) groups is 1. The van der Waals surface area contributed by atoms with Crippen molar-refractivity contribution in [3.05, 3.63) is 108 Å². The minimum Gasteiger partial charge on any atom is -0.496 e. The average Bonchev–Trinajstić information content (AvgIpc) is 2.96. The van der Waals surface area contributed by atoms with Crippen LogP contribution in [0, 0.1) is 0 Å². The number of amides is 2. The molecule has 0 heterocycles. The number of nitrogens with one attached hydrogen (secondary N) is 2. The molecule has 2 N–H and O–H groups in total. The zero-order chi connectivity index (χ0) is 26.9. The van der Waals surface area contributed by atoms with E-state index in [4.69, 9.17) is 14.2 Å². The average molecular weight is 529 g/mol. The first-order chi connectivity index (χ1) is 18.5. The number of carbonyl (C=O) groups is 2. The lowest BCUT2D eigenvalue weighted by atomic mass is 10.1. The van der Waals surface area contributed by atoms with Crippen molar-refractivity contribution in [2.75, 3.05) is 32.0 Å². The molecule has 0 fully saturated rings. The van der Waals surface area contributed by atoms with Crippen LogP contribution in [0.1, 0.15) is 21.2 Å². The van der Waals surface area contributed by atoms with Crippen molar-refractivity contribution in [3.63, 3.8) is 0 Å². The Morgan fingerprint density at radius 1 is 0.684 bits per heavy atom. The van der Waals surface area contributed by atoms with Gasteiger partial charge in [0, 0.05) is 10.6 Å². The molecule has 0 radical (unpaired) electrons. The van der Waals surface area contributed by atoms with Crippen molar-refractivity contribution in [3.8, 4) is 17.2 Å². The summed E-state index contributed by atoms with van der Waals surface area (Å²) in [5, 5.41) is 5.35. The van der Waals surface area contributed by atoms with Crippen LogP contribution in [0.25, 0.3) is 0 Å². The van der Waals surface area contributed by atoms with Gasteiger partial charge in [0.15, 0.2) is 0 Å². The molecule has 1 unspecified atom stereocenters. The fourth-order valence-electron chi connectivity index (χ4n) is 3.90. The lowest BCUT2D eigenvalue weighted by Gasteiger charge is -2.19. The highest BCUT2D eigenvalue weighted by atomic mass is 32.2. The second-order valence-electron chi connectivity index (χ2n) is 8.12. The van der Waals surface area contributed by atoms with Crippen molar-refractivity contribution in [1.29, 1.82) is 0 Å². The number of anilines is 2. The second-order valence-corrected chi connectivity index (χ2v) is 9.30. The third kappa shape index (κ3) is 6.27. The molecule has 0 aliphatic heterocycles. The van der Waals surface area contributed by atoms with Crippen LogP contribution < -0.4 is 24.8 Å². The molecule has 0 aliphatic rings. The Labute approximate surface area is 226 Å². The Balaban J connectivity index is 1.58. The summed E-state index contributed by atoms with van der Waals surface area (Å²) < 4.78 is 16.1. The van der Waals surface area contributed by atoms with E-state index in [1.807, 2.05) is 60.7 Å². The topological polar surface area (TPSA) is 85.9 Å². The Hall–Kier alpha value is -4.43. The van der Waals surface area contributed by atoms with E-state index in [0.717, 1.165) is 10.5 Å². The summed E-state index contributed by atoms with van der Waals surface area (Å²) in [4.78, 5) is 27.4. The predicted molar refractivity (Wildman–Crippen MR) is 151 cm³/mol. The quantitative estimate of drug-likeness (QED) is 0.231. The summed E-state index contributed by atoms with van der Waals surface area (Å²) in [5.74, 6) is 0.831. The first-order valence-electron chi connectivity index (χ1n) is 11.8. The van der Waals surface area contributed by atoms with Crippen LogP contribution in [0.4, 0.5) is 11.4 Å². The summed E-state index contributed by atoms with van der Waals surface area (Å²) in [5.41, 5.74) is 2.31. The molecule has 0 saturated heterocycles. The van der Waals surface area contributed by atoms with Gasteiger partial charge < -0.3 is 24.8 Å². The maximum Gasteiger partial charge on any atom is 0.263 e. The van der Waals surface area contributed by atoms with Gasteiger partial charge in [-0.2, -0.15) is 0 Å². The highest BCUT2D eigenvalue weighted by Gasteiger charge is 2.24. The molecule has 4 rings (SSSR count). The zero-order valence-corrected chi connectivity index (χ0v) is 22.1. The largest absolute Gasteiger partial charge is 0.496 e. The first-order valence-corrected chi connectivity index (χ1v) is 12.7. The highest BCUT2D eigenvalue weighted by Crippen LogP contribution is 2.38. The smallest absolute Gasteiger partial charge is 0.263 e. The molecule has 0 spiro atoms. The van der Waals surface area contributed by atoms with Crippen LogP contribution in [0.3, 0.4) is 0 Å². The maximum atomic E-state index is 13.5. The fourth-order valence-corrected chi connectivity index (χ4v) is 4.98. The predicted octanol–water partition coefficient (Wildman–Crippen LogP) is 6.44. The minimum atomic E-state index is -0.554. The fraction of sp³-hybridized carbons (Fsp3) is 0.133. The third-order valence-corrected chi connectivity index (χ3v) is 6.95. The van der Waals surface area contributed by atoms with Crippen LogP contribution in [0.5, 0.6) is 17.2 Å². The standard InChI is InChI=1S/C30H28N2O5S/c1-35-24-16-8-7-15-23(24)32-30(34)28(20-11-5-4-6-12-20)38-22-14-9-13-21(19-22)31-29(33)27-25(36-2)17-10-18-26(27)37-3/h4-19,28H,1-3H3,(H,31,33)(H,32,34). The van der Waals surface area contributed by atoms with Crippen molar-refractivity contribution >= 4 is 35.0 Å². The molecule has 38 heavy (non-hydrogen) atoms. The van der Waals surface area contributed by atoms with Crippen LogP contribution >= 0.6 is 11.8 Å². The summed E-state index contributed by atoms with van der Waals surface area (Å²) in [7, 11) is 4.57. The van der Waals surface area contributed by atoms with Gasteiger partial charge in [0.05, 0.1) is 27.0 Å². The molecule has 0 aliphatic carbocycles. The van der Waals surface area contributed by atoms with Gasteiger partial charge in [-0.1, -0.05) is 54.6 Å². The molecule has 1 atom stereocenters. The molecule has 194 valence electrons. The number of benzene rings is 4. The van der Waals surface area contributed by atoms with Gasteiger partial charge in [0.1, 0.15) is 28.1 Å². The Morgan fingerprint density at radius 2 is 1.29 bits per heavy atom. The van der Waals surface area contributed by atoms with Gasteiger partial charge in [-0.15, -0.1) is 11.8 Å². The summed E-state index contributed by atoms with van der Waals surface area (Å²) in [6.45, 7) is 0. The zero-order valence-electron chi connectivity index (χ0n) is 21.3. The van der Waals surface area contributed by atoms with Crippen molar-refractivity contribution in [1.82, 2.24) is 0 Å². The van der Waals surface area contributed by atoms with Crippen LogP contribution in [-0.2, 0) is 4.79 Å². The van der Waals surface area contributed by atoms with Crippen LogP contribution in [0.2, 0.25) is 0 Å². The van der Waals surface area contributed by atoms with E-state index in [-0.39, 0.29) is 11.8 Å². The number of hydrogen-bond acceptors (Lipinski definition) is 6. The van der Waals surface area contributed by atoms with Crippen molar-refractivity contribution in [2.24, 2.45) is 0 Å². The molecule has 4 aromatic carbocycles. The number of hydrogen-bond donors (Lipinski definition) is 2. The SMILES string of the molecule is COc1ccccc1NC(=O)C(Sc1cccc(NC(=O)c2c(OC)cccc2OC)c1)c1ccccc1. The van der Waals surface area contributed by atoms with Crippen LogP contribution in [-0.4, -0.2) is 33.1 Å². The molecule has 7 nitrogen and oxygen atoms in total. The molecule has 4 aromatic rings. The maximum absolute atomic E-state index is 13.5. The summed E-state index contributed by atoms with van der Waals surface area (Å²) in [6, 6.07) is 29.3. The van der Waals surface area contributed by atoms with Gasteiger partial charge in [-0.3, -0.25) is 9.59 Å². The number of carbonyl (C=O) groups excluding carboxylic acids is 2. The van der Waals surface area contributed by atoms with E-state index < -0.39 is 5.25 Å². The van der Waals surface area contributed by atoms with E-state index in [1.54, 1.807) is 43.5 Å². The molecule has 2 amide bonds. The third-order valence-electron chi connectivity index (χ3n) is 5.71. The number of methoxy groups -OCH3 is 3. The van der Waals surface area contributed by atoms with E-state index in [1.165, 1.54) is 26.0 Å². The lowest BCUT2D eigenvalue weighted by molar-refractivity contribution is -0.115. The molecule has 0 bridgehead atoms. The van der Waals surface area contributed by atoms with Gasteiger partial charge in [-0.25, -0.2) is 0 Å². The minimum absolute atomic E-state index is 0.195. The normalized spacial score (nSPS) is 11.2. The lowest BCUT2D eigenvalue weighted by Crippen LogP contribution is -2.19. The highest BCUT2D eigenvalue weighted by molar-refractivity contribution is 8.00. The van der Waals surface area contributed by atoms with Crippen molar-refractivity contribution in [2.45, 2.75) is 10.1 Å². The Kier molecular flexibility index (Phi) is 8.89. The molecule has 0 aromatic heterocycles. The molecular formula is C30H28N2O5S. The van der Waals surface area contributed by atoms with Gasteiger partial charge >= 0.3 is 0 Å². The van der Waals surface area contributed by atoms with Crippen molar-refractivity contribution < 1.29 is 23.8 Å². The van der Waals surface area contributed by atoms with E-state index in [2.05, 4.69) is 10.6 Å². The summed E-state index contributed by atoms with van der Waals surface area (Å²) in [6.07, 6.45) is 0. The van der Waals surface area contributed by atoms with Gasteiger partial charge in [0.25, 0.3) is 5.91 Å². The molecule has 0 saturated carbocycles. The van der Waals surface area contributed by atoms with E-state index in [0.29, 0.717) is 34.2 Å². The van der Waals surface area contributed by atoms with Gasteiger partial charge in [0.2, 0.25) is 5.91 Å². The number of rotatable bonds is 10. The second kappa shape index (κ2) is 12.7. The molecular weight excluding hydrogens is 500 g/mol.